The molecule has 0 fully saturated rings. The number of quaternary nitrogens is 1. The summed E-state index contributed by atoms with van der Waals surface area (Å²) in [5.74, 6) is -0.160. The summed E-state index contributed by atoms with van der Waals surface area (Å²) in [6.45, 7) is 5.31. The van der Waals surface area contributed by atoms with Gasteiger partial charge in [0.15, 0.2) is 0 Å². The van der Waals surface area contributed by atoms with Gasteiger partial charge in [0, 0.05) is 5.56 Å². The van der Waals surface area contributed by atoms with Crippen LogP contribution < -0.4 is 5.32 Å². The third-order valence-electron chi connectivity index (χ3n) is 2.31. The molecule has 1 aromatic rings. The van der Waals surface area contributed by atoms with Crippen LogP contribution in [0.25, 0.3) is 0 Å². The van der Waals surface area contributed by atoms with Crippen LogP contribution in [0, 0.1) is 5.82 Å². The third-order valence-corrected chi connectivity index (χ3v) is 2.31. The van der Waals surface area contributed by atoms with Gasteiger partial charge in [-0.3, -0.25) is 0 Å². The molecule has 0 saturated carbocycles. The van der Waals surface area contributed by atoms with E-state index in [2.05, 4.69) is 19.2 Å². The maximum absolute atomic E-state index is 12.5. The Balaban J connectivity index is 2.41. The van der Waals surface area contributed by atoms with Crippen molar-refractivity contribution in [1.29, 1.82) is 0 Å². The quantitative estimate of drug-likeness (QED) is 0.729. The van der Waals surface area contributed by atoms with Crippen LogP contribution in [0.4, 0.5) is 4.39 Å². The molecule has 0 spiro atoms. The highest BCUT2D eigenvalue weighted by Crippen LogP contribution is 2.00. The van der Waals surface area contributed by atoms with E-state index in [0.29, 0.717) is 6.04 Å². The van der Waals surface area contributed by atoms with Gasteiger partial charge in [-0.25, -0.2) is 4.39 Å². The first kappa shape index (κ1) is 10.2. The van der Waals surface area contributed by atoms with E-state index in [1.165, 1.54) is 24.1 Å². The van der Waals surface area contributed by atoms with Gasteiger partial charge in [-0.15, -0.1) is 0 Å². The summed E-state index contributed by atoms with van der Waals surface area (Å²) in [6, 6.07) is 7.35. The van der Waals surface area contributed by atoms with Crippen molar-refractivity contribution in [3.8, 4) is 0 Å². The van der Waals surface area contributed by atoms with Crippen molar-refractivity contribution in [1.82, 2.24) is 0 Å². The van der Waals surface area contributed by atoms with Gasteiger partial charge in [-0.05, 0) is 25.5 Å². The molecule has 0 amide bonds. The van der Waals surface area contributed by atoms with Crippen molar-refractivity contribution in [3.63, 3.8) is 0 Å². The molecule has 1 nitrogen and oxygen atoms in total. The van der Waals surface area contributed by atoms with Gasteiger partial charge in [0.1, 0.15) is 12.4 Å². The summed E-state index contributed by atoms with van der Waals surface area (Å²) < 4.78 is 12.5. The Morgan fingerprint density at radius 1 is 1.31 bits per heavy atom. The van der Waals surface area contributed by atoms with E-state index in [4.69, 9.17) is 0 Å². The van der Waals surface area contributed by atoms with Crippen LogP contribution in [0.3, 0.4) is 0 Å². The summed E-state index contributed by atoms with van der Waals surface area (Å²) in [5, 5.41) is 2.27. The highest BCUT2D eigenvalue weighted by atomic mass is 19.1. The Hall–Kier alpha value is -0.890. The average molecular weight is 182 g/mol. The lowest BCUT2D eigenvalue weighted by atomic mass is 10.2. The second kappa shape index (κ2) is 4.97. The predicted octanol–water partition coefficient (Wildman–Crippen LogP) is 1.69. The monoisotopic (exact) mass is 182 g/mol. The van der Waals surface area contributed by atoms with Crippen LogP contribution >= 0.6 is 0 Å². The summed E-state index contributed by atoms with van der Waals surface area (Å²) in [7, 11) is 0. The number of rotatable bonds is 4. The Bertz CT molecular complexity index is 243. The van der Waals surface area contributed by atoms with Crippen molar-refractivity contribution in [2.24, 2.45) is 0 Å². The molecule has 0 radical (unpaired) electrons. The highest BCUT2D eigenvalue weighted by molar-refractivity contribution is 5.14. The van der Waals surface area contributed by atoms with Crippen molar-refractivity contribution in [3.05, 3.63) is 35.6 Å². The normalized spacial score (nSPS) is 12.8. The van der Waals surface area contributed by atoms with Gasteiger partial charge in [0.25, 0.3) is 0 Å². The second-order valence-corrected chi connectivity index (χ2v) is 3.45. The van der Waals surface area contributed by atoms with E-state index in [1.807, 2.05) is 12.1 Å². The molecule has 13 heavy (non-hydrogen) atoms. The number of halogens is 1. The summed E-state index contributed by atoms with van der Waals surface area (Å²) in [6.07, 6.45) is 1.17. The van der Waals surface area contributed by atoms with E-state index in [9.17, 15) is 4.39 Å². The highest BCUT2D eigenvalue weighted by Gasteiger charge is 2.01. The summed E-state index contributed by atoms with van der Waals surface area (Å²) in [5.41, 5.74) is 1.18. The largest absolute Gasteiger partial charge is 0.340 e. The molecule has 1 rings (SSSR count). The second-order valence-electron chi connectivity index (χ2n) is 3.45. The predicted molar refractivity (Wildman–Crippen MR) is 51.8 cm³/mol. The molecular formula is C11H17FN+. The molecule has 72 valence electrons. The van der Waals surface area contributed by atoms with Gasteiger partial charge in [0.05, 0.1) is 6.04 Å². The molecule has 0 aliphatic rings. The van der Waals surface area contributed by atoms with E-state index in [-0.39, 0.29) is 5.82 Å². The molecule has 0 aliphatic carbocycles. The van der Waals surface area contributed by atoms with Gasteiger partial charge in [-0.1, -0.05) is 19.1 Å². The fourth-order valence-electron chi connectivity index (χ4n) is 1.12. The maximum Gasteiger partial charge on any atom is 0.123 e. The van der Waals surface area contributed by atoms with Gasteiger partial charge in [0.2, 0.25) is 0 Å². The minimum atomic E-state index is -0.160. The van der Waals surface area contributed by atoms with Gasteiger partial charge in [-0.2, -0.15) is 0 Å². The number of hydrogen-bond donors (Lipinski definition) is 1. The van der Waals surface area contributed by atoms with Crippen molar-refractivity contribution in [2.45, 2.75) is 32.9 Å². The zero-order valence-corrected chi connectivity index (χ0v) is 8.26. The fraction of sp³-hybridized carbons (Fsp3) is 0.455. The molecule has 0 aromatic heterocycles. The van der Waals surface area contributed by atoms with Gasteiger partial charge < -0.3 is 5.32 Å². The molecule has 2 N–H and O–H groups in total. The first-order valence-corrected chi connectivity index (χ1v) is 4.80. The summed E-state index contributed by atoms with van der Waals surface area (Å²) >= 11 is 0. The van der Waals surface area contributed by atoms with Crippen molar-refractivity contribution < 1.29 is 9.71 Å². The van der Waals surface area contributed by atoms with Crippen LogP contribution in [0.5, 0.6) is 0 Å². The standard InChI is InChI=1S/C11H16FN/c1-3-9(2)13-8-10-4-6-11(12)7-5-10/h4-7,9,13H,3,8H2,1-2H3/p+1/t9-/m1/s1. The first-order chi connectivity index (χ1) is 6.22. The molecular weight excluding hydrogens is 165 g/mol. The Morgan fingerprint density at radius 3 is 2.46 bits per heavy atom. The number of nitrogens with two attached hydrogens (primary N) is 1. The lowest BCUT2D eigenvalue weighted by Crippen LogP contribution is -2.87. The zero-order chi connectivity index (χ0) is 9.68. The summed E-state index contributed by atoms with van der Waals surface area (Å²) in [4.78, 5) is 0. The van der Waals surface area contributed by atoms with E-state index >= 15 is 0 Å². The van der Waals surface area contributed by atoms with Crippen LogP contribution in [0.2, 0.25) is 0 Å². The Kier molecular flexibility index (Phi) is 3.90. The Labute approximate surface area is 79.0 Å². The minimum absolute atomic E-state index is 0.160. The van der Waals surface area contributed by atoms with Crippen LogP contribution in [0.1, 0.15) is 25.8 Å². The van der Waals surface area contributed by atoms with Crippen LogP contribution in [0.15, 0.2) is 24.3 Å². The molecule has 1 atom stereocenters. The topological polar surface area (TPSA) is 16.6 Å². The lowest BCUT2D eigenvalue weighted by Gasteiger charge is -2.07. The van der Waals surface area contributed by atoms with E-state index in [1.54, 1.807) is 0 Å². The first-order valence-electron chi connectivity index (χ1n) is 4.80. The zero-order valence-electron chi connectivity index (χ0n) is 8.26. The minimum Gasteiger partial charge on any atom is -0.340 e. The Morgan fingerprint density at radius 2 is 1.92 bits per heavy atom. The molecule has 0 saturated heterocycles. The smallest absolute Gasteiger partial charge is 0.123 e. The van der Waals surface area contributed by atoms with Gasteiger partial charge >= 0.3 is 0 Å². The molecule has 1 aromatic carbocycles. The molecule has 0 aliphatic heterocycles. The van der Waals surface area contributed by atoms with Crippen LogP contribution in [-0.2, 0) is 6.54 Å². The lowest BCUT2D eigenvalue weighted by molar-refractivity contribution is -0.701. The molecule has 0 bridgehead atoms. The average Bonchev–Trinajstić information content (AvgIpc) is 2.16. The number of hydrogen-bond acceptors (Lipinski definition) is 0. The molecule has 0 unspecified atom stereocenters. The van der Waals surface area contributed by atoms with E-state index in [0.717, 1.165) is 6.54 Å². The SMILES string of the molecule is CC[C@@H](C)[NH2+]Cc1ccc(F)cc1. The number of benzene rings is 1. The third kappa shape index (κ3) is 3.55. The fourth-order valence-corrected chi connectivity index (χ4v) is 1.12. The maximum atomic E-state index is 12.5. The molecule has 2 heteroatoms. The molecule has 0 heterocycles. The van der Waals surface area contributed by atoms with Crippen molar-refractivity contribution >= 4 is 0 Å². The van der Waals surface area contributed by atoms with E-state index < -0.39 is 0 Å². The van der Waals surface area contributed by atoms with Crippen molar-refractivity contribution in [2.75, 3.05) is 0 Å². The van der Waals surface area contributed by atoms with Crippen LogP contribution in [-0.4, -0.2) is 6.04 Å².